The van der Waals surface area contributed by atoms with Crippen molar-refractivity contribution in [3.8, 4) is 11.5 Å². The molecular weight excluding hydrogens is 643 g/mol. The Bertz CT molecular complexity index is 1430. The zero-order valence-corrected chi connectivity index (χ0v) is 24.7. The maximum absolute atomic E-state index is 13.1. The number of rotatable bonds is 7. The smallest absolute Gasteiger partial charge is 0.285 e. The SMILES string of the molecule is COc1cc(/C=C2\SC(=S)N(NC(=O)c3ccc(C)cc3Cl)C2=O)cc(I)c1OCc1ccc(C)cc1. The molecule has 4 rings (SSSR count). The highest BCUT2D eigenvalue weighted by molar-refractivity contribution is 14.1. The van der Waals surface area contributed by atoms with Crippen LogP contribution in [0.15, 0.2) is 59.5 Å². The number of hydrogen-bond donors (Lipinski definition) is 1. The summed E-state index contributed by atoms with van der Waals surface area (Å²) in [5.74, 6) is 0.216. The van der Waals surface area contributed by atoms with E-state index >= 15 is 0 Å². The number of benzene rings is 3. The minimum absolute atomic E-state index is 0.215. The number of methoxy groups -OCH3 is 1. The second-order valence-corrected chi connectivity index (χ2v) is 11.5. The molecule has 0 atom stereocenters. The van der Waals surface area contributed by atoms with E-state index in [1.807, 2.05) is 44.2 Å². The number of thiocarbonyl (C=S) groups is 1. The lowest BCUT2D eigenvalue weighted by Gasteiger charge is -2.16. The molecule has 6 nitrogen and oxygen atoms in total. The summed E-state index contributed by atoms with van der Waals surface area (Å²) in [4.78, 5) is 26.2. The highest BCUT2D eigenvalue weighted by atomic mass is 127. The van der Waals surface area contributed by atoms with Gasteiger partial charge in [-0.05, 0) is 95.7 Å². The molecule has 0 spiro atoms. The highest BCUT2D eigenvalue weighted by Crippen LogP contribution is 2.37. The average Bonchev–Trinajstić information content (AvgIpc) is 3.11. The monoisotopic (exact) mass is 664 g/mol. The van der Waals surface area contributed by atoms with Crippen LogP contribution in [0.2, 0.25) is 5.02 Å². The molecule has 0 radical (unpaired) electrons. The Hall–Kier alpha value is -2.60. The lowest BCUT2D eigenvalue weighted by atomic mass is 10.1. The number of hydrogen-bond acceptors (Lipinski definition) is 6. The first-order valence-electron chi connectivity index (χ1n) is 11.1. The minimum atomic E-state index is -0.520. The van der Waals surface area contributed by atoms with Gasteiger partial charge in [0.1, 0.15) is 6.61 Å². The van der Waals surface area contributed by atoms with E-state index in [-0.39, 0.29) is 9.88 Å². The Balaban J connectivity index is 1.51. The molecule has 1 saturated heterocycles. The van der Waals surface area contributed by atoms with Crippen LogP contribution >= 0.6 is 58.2 Å². The summed E-state index contributed by atoms with van der Waals surface area (Å²) in [7, 11) is 1.57. The summed E-state index contributed by atoms with van der Waals surface area (Å²) in [6, 6.07) is 16.9. The van der Waals surface area contributed by atoms with Gasteiger partial charge in [-0.25, -0.2) is 0 Å². The first-order valence-corrected chi connectivity index (χ1v) is 13.8. The second-order valence-electron chi connectivity index (χ2n) is 8.25. The van der Waals surface area contributed by atoms with E-state index in [4.69, 9.17) is 33.3 Å². The van der Waals surface area contributed by atoms with Crippen molar-refractivity contribution in [2.45, 2.75) is 20.5 Å². The Morgan fingerprint density at radius 2 is 1.84 bits per heavy atom. The summed E-state index contributed by atoms with van der Waals surface area (Å²) in [5.41, 5.74) is 6.70. The molecule has 0 aliphatic carbocycles. The first kappa shape index (κ1) is 27.4. The van der Waals surface area contributed by atoms with Crippen LogP contribution in [0.3, 0.4) is 0 Å². The summed E-state index contributed by atoms with van der Waals surface area (Å²) in [6.45, 7) is 4.31. The number of amides is 2. The number of ether oxygens (including phenoxy) is 2. The fourth-order valence-electron chi connectivity index (χ4n) is 3.48. The second kappa shape index (κ2) is 11.8. The minimum Gasteiger partial charge on any atom is -0.493 e. The van der Waals surface area contributed by atoms with E-state index in [2.05, 4.69) is 28.0 Å². The lowest BCUT2D eigenvalue weighted by molar-refractivity contribution is -0.123. The van der Waals surface area contributed by atoms with Crippen molar-refractivity contribution in [2.24, 2.45) is 0 Å². The van der Waals surface area contributed by atoms with E-state index in [1.165, 1.54) is 5.56 Å². The molecule has 2 amide bonds. The largest absolute Gasteiger partial charge is 0.493 e. The quantitative estimate of drug-likeness (QED) is 0.172. The van der Waals surface area contributed by atoms with Gasteiger partial charge in [-0.15, -0.1) is 0 Å². The van der Waals surface area contributed by atoms with Crippen molar-refractivity contribution in [3.63, 3.8) is 0 Å². The molecule has 1 aliphatic rings. The van der Waals surface area contributed by atoms with Crippen LogP contribution in [0.4, 0.5) is 0 Å². The van der Waals surface area contributed by atoms with Crippen LogP contribution in [0.25, 0.3) is 6.08 Å². The van der Waals surface area contributed by atoms with Gasteiger partial charge in [-0.3, -0.25) is 15.0 Å². The van der Waals surface area contributed by atoms with Gasteiger partial charge >= 0.3 is 0 Å². The van der Waals surface area contributed by atoms with Crippen LogP contribution in [-0.4, -0.2) is 28.3 Å². The van der Waals surface area contributed by atoms with Crippen LogP contribution in [-0.2, 0) is 11.4 Å². The van der Waals surface area contributed by atoms with Gasteiger partial charge in [0.15, 0.2) is 15.8 Å². The molecule has 0 bridgehead atoms. The summed E-state index contributed by atoms with van der Waals surface area (Å²) in [6.07, 6.45) is 1.71. The number of nitrogens with zero attached hydrogens (tertiary/aromatic N) is 1. The zero-order chi connectivity index (χ0) is 26.7. The van der Waals surface area contributed by atoms with E-state index in [0.29, 0.717) is 28.0 Å². The number of nitrogens with one attached hydrogen (secondary N) is 1. The molecule has 1 heterocycles. The van der Waals surface area contributed by atoms with Crippen molar-refractivity contribution < 1.29 is 19.1 Å². The van der Waals surface area contributed by atoms with Gasteiger partial charge in [0, 0.05) is 0 Å². The van der Waals surface area contributed by atoms with E-state index in [1.54, 1.807) is 37.5 Å². The highest BCUT2D eigenvalue weighted by Gasteiger charge is 2.34. The van der Waals surface area contributed by atoms with Crippen molar-refractivity contribution in [1.82, 2.24) is 10.4 Å². The number of aryl methyl sites for hydroxylation is 2. The lowest BCUT2D eigenvalue weighted by Crippen LogP contribution is -2.44. The topological polar surface area (TPSA) is 67.9 Å². The third kappa shape index (κ3) is 6.46. The number of carbonyl (C=O) groups excluding carboxylic acids is 2. The zero-order valence-electron chi connectivity index (χ0n) is 20.1. The molecule has 190 valence electrons. The molecule has 1 fully saturated rings. The number of carbonyl (C=O) groups is 2. The normalized spacial score (nSPS) is 14.3. The molecule has 10 heteroatoms. The van der Waals surface area contributed by atoms with Crippen LogP contribution in [0.1, 0.15) is 32.6 Å². The average molecular weight is 665 g/mol. The standard InChI is InChI=1S/C27H22ClIN2O4S2/c1-15-4-7-17(8-5-15)14-35-24-21(29)11-18(12-22(24)34-3)13-23-26(33)31(27(36)37-23)30-25(32)19-9-6-16(2)10-20(19)28/h4-13H,14H2,1-3H3,(H,30,32)/b23-13-. The molecule has 1 aliphatic heterocycles. The van der Waals surface area contributed by atoms with E-state index in [9.17, 15) is 9.59 Å². The van der Waals surface area contributed by atoms with Crippen molar-refractivity contribution in [3.05, 3.63) is 95.9 Å². The van der Waals surface area contributed by atoms with Gasteiger partial charge in [-0.2, -0.15) is 5.01 Å². The van der Waals surface area contributed by atoms with Crippen molar-refractivity contribution in [2.75, 3.05) is 7.11 Å². The fourth-order valence-corrected chi connectivity index (χ4v) is 5.77. The number of halogens is 2. The van der Waals surface area contributed by atoms with Gasteiger partial charge < -0.3 is 9.47 Å². The molecule has 0 saturated carbocycles. The van der Waals surface area contributed by atoms with Crippen molar-refractivity contribution in [1.29, 1.82) is 0 Å². The third-order valence-electron chi connectivity index (χ3n) is 5.43. The molecule has 1 N–H and O–H groups in total. The third-order valence-corrected chi connectivity index (χ3v) is 7.85. The summed E-state index contributed by atoms with van der Waals surface area (Å²) < 4.78 is 12.7. The summed E-state index contributed by atoms with van der Waals surface area (Å²) >= 11 is 14.8. The Morgan fingerprint density at radius 1 is 1.14 bits per heavy atom. The van der Waals surface area contributed by atoms with Gasteiger partial charge in [0.25, 0.3) is 11.8 Å². The summed E-state index contributed by atoms with van der Waals surface area (Å²) in [5, 5.41) is 1.36. The predicted octanol–water partition coefficient (Wildman–Crippen LogP) is 6.70. The van der Waals surface area contributed by atoms with Gasteiger partial charge in [0.05, 0.1) is 26.2 Å². The van der Waals surface area contributed by atoms with Crippen LogP contribution in [0, 0.1) is 17.4 Å². The Labute approximate surface area is 243 Å². The Morgan fingerprint density at radius 3 is 2.51 bits per heavy atom. The number of hydrazine groups is 1. The van der Waals surface area contributed by atoms with Crippen LogP contribution < -0.4 is 14.9 Å². The molecular formula is C27H22ClIN2O4S2. The maximum Gasteiger partial charge on any atom is 0.285 e. The van der Waals surface area contributed by atoms with Crippen molar-refractivity contribution >= 4 is 80.4 Å². The predicted molar refractivity (Wildman–Crippen MR) is 160 cm³/mol. The van der Waals surface area contributed by atoms with Crippen LogP contribution in [0.5, 0.6) is 11.5 Å². The molecule has 0 unspecified atom stereocenters. The van der Waals surface area contributed by atoms with E-state index < -0.39 is 11.8 Å². The number of thioether (sulfide) groups is 1. The molecule has 37 heavy (non-hydrogen) atoms. The van der Waals surface area contributed by atoms with Gasteiger partial charge in [-0.1, -0.05) is 59.3 Å². The maximum atomic E-state index is 13.1. The first-order chi connectivity index (χ1) is 17.7. The van der Waals surface area contributed by atoms with E-state index in [0.717, 1.165) is 37.0 Å². The molecule has 3 aromatic rings. The van der Waals surface area contributed by atoms with Gasteiger partial charge in [0.2, 0.25) is 0 Å². The fraction of sp³-hybridized carbons (Fsp3) is 0.148. The molecule has 3 aromatic carbocycles. The Kier molecular flexibility index (Phi) is 8.79. The molecule has 0 aromatic heterocycles.